The van der Waals surface area contributed by atoms with Crippen LogP contribution in [0.3, 0.4) is 0 Å². The van der Waals surface area contributed by atoms with Crippen molar-refractivity contribution in [1.29, 1.82) is 0 Å². The van der Waals surface area contributed by atoms with E-state index in [4.69, 9.17) is 4.74 Å². The number of hydrogen-bond donors (Lipinski definition) is 0. The van der Waals surface area contributed by atoms with Gasteiger partial charge in [-0.2, -0.15) is 0 Å². The van der Waals surface area contributed by atoms with Crippen LogP contribution in [0.1, 0.15) is 22.6 Å². The second kappa shape index (κ2) is 4.28. The van der Waals surface area contributed by atoms with Gasteiger partial charge in [0.1, 0.15) is 5.82 Å². The number of carbonyl (C=O) groups excluding carboxylic acids is 1. The first kappa shape index (κ1) is 9.27. The van der Waals surface area contributed by atoms with Crippen LogP contribution >= 0.6 is 0 Å². The first-order valence-electron chi connectivity index (χ1n) is 4.72. The van der Waals surface area contributed by atoms with Gasteiger partial charge in [0, 0.05) is 32.0 Å². The predicted octanol–water partition coefficient (Wildman–Crippen LogP) is 0.868. The van der Waals surface area contributed by atoms with Crippen LogP contribution in [0.5, 0.6) is 0 Å². The van der Waals surface area contributed by atoms with E-state index in [1.54, 1.807) is 12.4 Å². The van der Waals surface area contributed by atoms with Crippen molar-refractivity contribution in [2.75, 3.05) is 13.2 Å². The summed E-state index contributed by atoms with van der Waals surface area (Å²) in [5, 5.41) is 0. The molecule has 0 radical (unpaired) electrons. The fraction of sp³-hybridized carbons (Fsp3) is 0.500. The molecule has 0 bridgehead atoms. The lowest BCUT2D eigenvalue weighted by Crippen LogP contribution is -2.07. The Balaban J connectivity index is 1.98. The van der Waals surface area contributed by atoms with Gasteiger partial charge < -0.3 is 4.74 Å². The second-order valence-corrected chi connectivity index (χ2v) is 3.48. The van der Waals surface area contributed by atoms with Gasteiger partial charge in [0.2, 0.25) is 0 Å². The zero-order valence-electron chi connectivity index (χ0n) is 7.85. The van der Waals surface area contributed by atoms with Crippen LogP contribution in [0.25, 0.3) is 0 Å². The van der Waals surface area contributed by atoms with Gasteiger partial charge in [0.15, 0.2) is 6.29 Å². The molecule has 4 nitrogen and oxygen atoms in total. The fourth-order valence-electron chi connectivity index (χ4n) is 1.53. The summed E-state index contributed by atoms with van der Waals surface area (Å²) in [6.45, 7) is 1.65. The van der Waals surface area contributed by atoms with E-state index in [0.29, 0.717) is 11.5 Å². The number of nitrogens with zero attached hydrogens (tertiary/aromatic N) is 2. The van der Waals surface area contributed by atoms with Crippen LogP contribution in [0.15, 0.2) is 12.4 Å². The minimum absolute atomic E-state index is 0.524. The molecule has 74 valence electrons. The Hall–Kier alpha value is -1.29. The Morgan fingerprint density at radius 3 is 2.86 bits per heavy atom. The SMILES string of the molecule is O=Cc1cnc(CC2CCOC2)nc1. The van der Waals surface area contributed by atoms with E-state index in [1.807, 2.05) is 0 Å². The van der Waals surface area contributed by atoms with Crippen molar-refractivity contribution >= 4 is 6.29 Å². The minimum atomic E-state index is 0.524. The van der Waals surface area contributed by atoms with Crippen LogP contribution < -0.4 is 0 Å². The number of aldehydes is 1. The molecular weight excluding hydrogens is 180 g/mol. The normalized spacial score (nSPS) is 21.0. The minimum Gasteiger partial charge on any atom is -0.381 e. The number of hydrogen-bond acceptors (Lipinski definition) is 4. The molecule has 4 heteroatoms. The van der Waals surface area contributed by atoms with Gasteiger partial charge in [-0.15, -0.1) is 0 Å². The number of ether oxygens (including phenoxy) is 1. The van der Waals surface area contributed by atoms with Crippen molar-refractivity contribution < 1.29 is 9.53 Å². The average Bonchev–Trinajstić information content (AvgIpc) is 2.72. The fourth-order valence-corrected chi connectivity index (χ4v) is 1.53. The molecule has 1 fully saturated rings. The zero-order chi connectivity index (χ0) is 9.80. The summed E-state index contributed by atoms with van der Waals surface area (Å²) >= 11 is 0. The van der Waals surface area contributed by atoms with E-state index in [-0.39, 0.29) is 0 Å². The molecule has 0 N–H and O–H groups in total. The first-order valence-corrected chi connectivity index (χ1v) is 4.72. The first-order chi connectivity index (χ1) is 6.88. The smallest absolute Gasteiger partial charge is 0.153 e. The van der Waals surface area contributed by atoms with Gasteiger partial charge in [-0.25, -0.2) is 9.97 Å². The summed E-state index contributed by atoms with van der Waals surface area (Å²) in [7, 11) is 0. The van der Waals surface area contributed by atoms with Gasteiger partial charge in [-0.05, 0) is 12.3 Å². The monoisotopic (exact) mass is 192 g/mol. The Labute approximate surface area is 82.3 Å². The van der Waals surface area contributed by atoms with Crippen LogP contribution in [-0.2, 0) is 11.2 Å². The molecule has 2 heterocycles. The van der Waals surface area contributed by atoms with Gasteiger partial charge in [-0.3, -0.25) is 4.79 Å². The third-order valence-electron chi connectivity index (χ3n) is 2.36. The van der Waals surface area contributed by atoms with Crippen LogP contribution in [0.4, 0.5) is 0 Å². The molecule has 1 atom stereocenters. The molecule has 0 saturated carbocycles. The van der Waals surface area contributed by atoms with E-state index >= 15 is 0 Å². The molecule has 0 aliphatic carbocycles. The third-order valence-corrected chi connectivity index (χ3v) is 2.36. The van der Waals surface area contributed by atoms with Crippen molar-refractivity contribution in [1.82, 2.24) is 9.97 Å². The van der Waals surface area contributed by atoms with Crippen LogP contribution in [0.2, 0.25) is 0 Å². The predicted molar refractivity (Wildman–Crippen MR) is 50.0 cm³/mol. The van der Waals surface area contributed by atoms with E-state index in [0.717, 1.165) is 38.2 Å². The highest BCUT2D eigenvalue weighted by Gasteiger charge is 2.16. The molecule has 1 aromatic rings. The Bertz CT molecular complexity index is 304. The highest BCUT2D eigenvalue weighted by atomic mass is 16.5. The number of aromatic nitrogens is 2. The quantitative estimate of drug-likeness (QED) is 0.667. The summed E-state index contributed by atoms with van der Waals surface area (Å²) in [5.41, 5.74) is 0.524. The molecule has 0 amide bonds. The number of carbonyl (C=O) groups is 1. The third kappa shape index (κ3) is 2.14. The average molecular weight is 192 g/mol. The second-order valence-electron chi connectivity index (χ2n) is 3.48. The lowest BCUT2D eigenvalue weighted by Gasteiger charge is -2.04. The van der Waals surface area contributed by atoms with Crippen molar-refractivity contribution in [3.63, 3.8) is 0 Å². The van der Waals surface area contributed by atoms with Gasteiger partial charge >= 0.3 is 0 Å². The number of rotatable bonds is 3. The Kier molecular flexibility index (Phi) is 2.84. The van der Waals surface area contributed by atoms with Gasteiger partial charge in [0.25, 0.3) is 0 Å². The van der Waals surface area contributed by atoms with Gasteiger partial charge in [0.05, 0.1) is 5.56 Å². The Morgan fingerprint density at radius 2 is 2.29 bits per heavy atom. The molecule has 14 heavy (non-hydrogen) atoms. The maximum atomic E-state index is 10.4. The maximum Gasteiger partial charge on any atom is 0.153 e. The van der Waals surface area contributed by atoms with Gasteiger partial charge in [-0.1, -0.05) is 0 Å². The summed E-state index contributed by atoms with van der Waals surface area (Å²) in [6.07, 6.45) is 5.80. The topological polar surface area (TPSA) is 52.1 Å². The lowest BCUT2D eigenvalue weighted by atomic mass is 10.1. The lowest BCUT2D eigenvalue weighted by molar-refractivity contribution is 0.112. The van der Waals surface area contributed by atoms with E-state index < -0.39 is 0 Å². The molecule has 0 aromatic carbocycles. The molecule has 1 aliphatic rings. The zero-order valence-corrected chi connectivity index (χ0v) is 7.85. The van der Waals surface area contributed by atoms with E-state index in [1.165, 1.54) is 0 Å². The maximum absolute atomic E-state index is 10.4. The molecule has 2 rings (SSSR count). The molecule has 1 aromatic heterocycles. The van der Waals surface area contributed by atoms with E-state index in [9.17, 15) is 4.79 Å². The summed E-state index contributed by atoms with van der Waals surface area (Å²) < 4.78 is 5.26. The largest absolute Gasteiger partial charge is 0.381 e. The summed E-state index contributed by atoms with van der Waals surface area (Å²) in [6, 6.07) is 0. The van der Waals surface area contributed by atoms with Crippen molar-refractivity contribution in [3.05, 3.63) is 23.8 Å². The molecule has 1 unspecified atom stereocenters. The molecular formula is C10H12N2O2. The highest BCUT2D eigenvalue weighted by Crippen LogP contribution is 2.15. The van der Waals surface area contributed by atoms with E-state index in [2.05, 4.69) is 9.97 Å². The molecule has 0 spiro atoms. The van der Waals surface area contributed by atoms with Crippen molar-refractivity contribution in [3.8, 4) is 0 Å². The highest BCUT2D eigenvalue weighted by molar-refractivity contribution is 5.73. The molecule has 1 aliphatic heterocycles. The standard InChI is InChI=1S/C10H12N2O2/c13-6-9-4-11-10(12-5-9)3-8-1-2-14-7-8/h4-6,8H,1-3,7H2. The summed E-state index contributed by atoms with van der Waals surface area (Å²) in [4.78, 5) is 18.6. The summed E-state index contributed by atoms with van der Waals surface area (Å²) in [5.74, 6) is 1.34. The van der Waals surface area contributed by atoms with Crippen molar-refractivity contribution in [2.45, 2.75) is 12.8 Å². The Morgan fingerprint density at radius 1 is 1.50 bits per heavy atom. The van der Waals surface area contributed by atoms with Crippen LogP contribution in [0, 0.1) is 5.92 Å². The molecule has 1 saturated heterocycles. The van der Waals surface area contributed by atoms with Crippen LogP contribution in [-0.4, -0.2) is 29.5 Å². The van der Waals surface area contributed by atoms with Crippen molar-refractivity contribution in [2.24, 2.45) is 5.92 Å².